The zero-order valence-corrected chi connectivity index (χ0v) is 16.4. The minimum atomic E-state index is -0.461. The fourth-order valence-electron chi connectivity index (χ4n) is 3.47. The molecule has 0 aromatic heterocycles. The lowest BCUT2D eigenvalue weighted by Crippen LogP contribution is -2.49. The van der Waals surface area contributed by atoms with Crippen LogP contribution >= 0.6 is 23.4 Å². The molecule has 0 amide bonds. The Hall–Kier alpha value is -0.460. The van der Waals surface area contributed by atoms with E-state index in [1.54, 1.807) is 12.1 Å². The SMILES string of the molecule is OC(COc1ccc(Cl)cc1)CN1CCN(CCC2CCCS2)CC1. The Kier molecular flexibility index (Phi) is 7.74. The van der Waals surface area contributed by atoms with Crippen LogP contribution in [-0.4, -0.2) is 77.9 Å². The molecule has 0 spiro atoms. The van der Waals surface area contributed by atoms with Gasteiger partial charge in [-0.1, -0.05) is 11.6 Å². The highest BCUT2D eigenvalue weighted by Crippen LogP contribution is 2.28. The summed E-state index contributed by atoms with van der Waals surface area (Å²) in [5.74, 6) is 2.10. The lowest BCUT2D eigenvalue weighted by molar-refractivity contribution is 0.0459. The number of nitrogens with zero attached hydrogens (tertiary/aromatic N) is 2. The standard InChI is InChI=1S/C19H29ClN2O2S/c20-16-3-5-18(6-4-16)24-15-17(23)14-22-11-9-21(10-12-22)8-7-19-2-1-13-25-19/h3-6,17,19,23H,1-2,7-15H2. The number of thioether (sulfide) groups is 1. The highest BCUT2D eigenvalue weighted by Gasteiger charge is 2.21. The van der Waals surface area contributed by atoms with Crippen molar-refractivity contribution < 1.29 is 9.84 Å². The Morgan fingerprint density at radius 3 is 2.56 bits per heavy atom. The van der Waals surface area contributed by atoms with E-state index < -0.39 is 6.10 Å². The molecule has 2 heterocycles. The van der Waals surface area contributed by atoms with E-state index >= 15 is 0 Å². The van der Waals surface area contributed by atoms with Crippen LogP contribution in [0.3, 0.4) is 0 Å². The molecule has 2 fully saturated rings. The normalized spacial score (nSPS) is 23.7. The van der Waals surface area contributed by atoms with Crippen LogP contribution in [0.1, 0.15) is 19.3 Å². The Morgan fingerprint density at radius 2 is 1.88 bits per heavy atom. The molecule has 0 bridgehead atoms. The first kappa shape index (κ1) is 19.3. The first-order valence-corrected chi connectivity index (χ1v) is 10.7. The molecule has 1 N–H and O–H groups in total. The van der Waals surface area contributed by atoms with E-state index in [1.165, 1.54) is 31.6 Å². The second-order valence-electron chi connectivity index (χ2n) is 6.98. The molecule has 2 atom stereocenters. The molecule has 6 heteroatoms. The van der Waals surface area contributed by atoms with Gasteiger partial charge in [-0.15, -0.1) is 0 Å². The Morgan fingerprint density at radius 1 is 1.16 bits per heavy atom. The van der Waals surface area contributed by atoms with Crippen LogP contribution in [0.4, 0.5) is 0 Å². The number of benzene rings is 1. The van der Waals surface area contributed by atoms with Crippen molar-refractivity contribution >= 4 is 23.4 Å². The number of β-amino-alcohol motifs (C(OH)–C–C–N with tert-alkyl or cyclic N) is 1. The van der Waals surface area contributed by atoms with Crippen LogP contribution in [0.25, 0.3) is 0 Å². The molecule has 0 saturated carbocycles. The van der Waals surface area contributed by atoms with Crippen LogP contribution in [0.15, 0.2) is 24.3 Å². The van der Waals surface area contributed by atoms with E-state index in [-0.39, 0.29) is 0 Å². The van der Waals surface area contributed by atoms with Crippen LogP contribution in [0.5, 0.6) is 5.75 Å². The fraction of sp³-hybridized carbons (Fsp3) is 0.684. The second-order valence-corrected chi connectivity index (χ2v) is 8.83. The monoisotopic (exact) mass is 384 g/mol. The van der Waals surface area contributed by atoms with E-state index in [4.69, 9.17) is 16.3 Å². The number of hydrogen-bond acceptors (Lipinski definition) is 5. The van der Waals surface area contributed by atoms with Crippen molar-refractivity contribution in [2.45, 2.75) is 30.6 Å². The van der Waals surface area contributed by atoms with Gasteiger partial charge in [0.2, 0.25) is 0 Å². The van der Waals surface area contributed by atoms with Gasteiger partial charge >= 0.3 is 0 Å². The molecule has 1 aromatic carbocycles. The summed E-state index contributed by atoms with van der Waals surface area (Å²) < 4.78 is 5.63. The van der Waals surface area contributed by atoms with Crippen LogP contribution in [-0.2, 0) is 0 Å². The first-order valence-electron chi connectivity index (χ1n) is 9.32. The number of halogens is 1. The minimum absolute atomic E-state index is 0.320. The maximum atomic E-state index is 10.2. The molecule has 0 radical (unpaired) electrons. The molecule has 1 aromatic rings. The summed E-state index contributed by atoms with van der Waals surface area (Å²) in [7, 11) is 0. The lowest BCUT2D eigenvalue weighted by atomic mass is 10.2. The molecule has 2 saturated heterocycles. The largest absolute Gasteiger partial charge is 0.491 e. The smallest absolute Gasteiger partial charge is 0.119 e. The molecular formula is C19H29ClN2O2S. The molecule has 0 aliphatic carbocycles. The number of aliphatic hydroxyl groups is 1. The van der Waals surface area contributed by atoms with Gasteiger partial charge in [-0.05, 0) is 55.8 Å². The summed E-state index contributed by atoms with van der Waals surface area (Å²) >= 11 is 8.01. The predicted molar refractivity (Wildman–Crippen MR) is 106 cm³/mol. The van der Waals surface area contributed by atoms with E-state index in [1.807, 2.05) is 12.1 Å². The van der Waals surface area contributed by atoms with Crippen molar-refractivity contribution in [3.8, 4) is 5.75 Å². The lowest BCUT2D eigenvalue weighted by Gasteiger charge is -2.35. The number of ether oxygens (including phenoxy) is 1. The molecular weight excluding hydrogens is 356 g/mol. The highest BCUT2D eigenvalue weighted by atomic mass is 35.5. The van der Waals surface area contributed by atoms with Crippen LogP contribution < -0.4 is 4.74 Å². The Bertz CT molecular complexity index is 503. The van der Waals surface area contributed by atoms with E-state index in [0.717, 1.165) is 37.2 Å². The van der Waals surface area contributed by atoms with Crippen molar-refractivity contribution in [2.24, 2.45) is 0 Å². The third kappa shape index (κ3) is 6.65. The summed E-state index contributed by atoms with van der Waals surface area (Å²) in [5, 5.41) is 11.8. The number of piperazine rings is 1. The van der Waals surface area contributed by atoms with E-state index in [0.29, 0.717) is 18.2 Å². The zero-order chi connectivity index (χ0) is 17.5. The van der Waals surface area contributed by atoms with Gasteiger partial charge in [-0.25, -0.2) is 0 Å². The fourth-order valence-corrected chi connectivity index (χ4v) is 4.87. The minimum Gasteiger partial charge on any atom is -0.491 e. The summed E-state index contributed by atoms with van der Waals surface area (Å²) in [6, 6.07) is 7.26. The van der Waals surface area contributed by atoms with Crippen molar-refractivity contribution in [1.82, 2.24) is 9.80 Å². The van der Waals surface area contributed by atoms with Crippen molar-refractivity contribution in [2.75, 3.05) is 51.6 Å². The molecule has 140 valence electrons. The van der Waals surface area contributed by atoms with Crippen molar-refractivity contribution in [1.29, 1.82) is 0 Å². The maximum Gasteiger partial charge on any atom is 0.119 e. The van der Waals surface area contributed by atoms with Gasteiger partial charge < -0.3 is 14.7 Å². The zero-order valence-electron chi connectivity index (χ0n) is 14.8. The third-order valence-corrected chi connectivity index (χ3v) is 6.70. The van der Waals surface area contributed by atoms with Gasteiger partial charge in [0.1, 0.15) is 18.5 Å². The quantitative estimate of drug-likeness (QED) is 0.745. The summed E-state index contributed by atoms with van der Waals surface area (Å²) in [6.45, 7) is 6.53. The summed E-state index contributed by atoms with van der Waals surface area (Å²) in [4.78, 5) is 4.92. The molecule has 2 aliphatic rings. The van der Waals surface area contributed by atoms with Crippen LogP contribution in [0, 0.1) is 0 Å². The van der Waals surface area contributed by atoms with Crippen molar-refractivity contribution in [3.05, 3.63) is 29.3 Å². The molecule has 2 unspecified atom stereocenters. The maximum absolute atomic E-state index is 10.2. The van der Waals surface area contributed by atoms with Gasteiger partial charge in [0.15, 0.2) is 0 Å². The molecule has 25 heavy (non-hydrogen) atoms. The molecule has 4 nitrogen and oxygen atoms in total. The summed E-state index contributed by atoms with van der Waals surface area (Å²) in [6.07, 6.45) is 3.68. The van der Waals surface area contributed by atoms with Gasteiger partial charge in [-0.3, -0.25) is 4.90 Å². The predicted octanol–water partition coefficient (Wildman–Crippen LogP) is 2.98. The number of hydrogen-bond donors (Lipinski definition) is 1. The average molecular weight is 385 g/mol. The topological polar surface area (TPSA) is 35.9 Å². The van der Waals surface area contributed by atoms with Crippen molar-refractivity contribution in [3.63, 3.8) is 0 Å². The molecule has 2 aliphatic heterocycles. The van der Waals surface area contributed by atoms with E-state index in [2.05, 4.69) is 21.6 Å². The Balaban J connectivity index is 1.29. The van der Waals surface area contributed by atoms with E-state index in [9.17, 15) is 5.11 Å². The second kappa shape index (κ2) is 10.0. The van der Waals surface area contributed by atoms with Crippen LogP contribution in [0.2, 0.25) is 5.02 Å². The third-order valence-electron chi connectivity index (χ3n) is 4.98. The van der Waals surface area contributed by atoms with Gasteiger partial charge in [0, 0.05) is 43.0 Å². The number of aliphatic hydroxyl groups excluding tert-OH is 1. The van der Waals surface area contributed by atoms with Gasteiger partial charge in [0.05, 0.1) is 0 Å². The average Bonchev–Trinajstić information content (AvgIpc) is 3.14. The van der Waals surface area contributed by atoms with Gasteiger partial charge in [-0.2, -0.15) is 11.8 Å². The summed E-state index contributed by atoms with van der Waals surface area (Å²) in [5.41, 5.74) is 0. The van der Waals surface area contributed by atoms with Gasteiger partial charge in [0.25, 0.3) is 0 Å². The molecule has 3 rings (SSSR count). The number of rotatable bonds is 8. The first-order chi connectivity index (χ1) is 12.2. The Labute approximate surface area is 160 Å². The highest BCUT2D eigenvalue weighted by molar-refractivity contribution is 8.00.